The van der Waals surface area contributed by atoms with Crippen molar-refractivity contribution in [3.8, 4) is 0 Å². The molecule has 2 aliphatic rings. The van der Waals surface area contributed by atoms with Crippen molar-refractivity contribution in [2.45, 2.75) is 57.2 Å². The van der Waals surface area contributed by atoms with E-state index in [1.807, 2.05) is 66.4 Å². The molecule has 2 bridgehead atoms. The first kappa shape index (κ1) is 18.5. The first-order valence-electron chi connectivity index (χ1n) is 10.1. The number of fused-ring (bicyclic) bond motifs is 2. The molecule has 2 fully saturated rings. The quantitative estimate of drug-likeness (QED) is 0.836. The third-order valence-electron chi connectivity index (χ3n) is 5.88. The molecule has 28 heavy (non-hydrogen) atoms. The Bertz CT molecular complexity index is 821. The molecule has 2 aromatic carbocycles. The average molecular weight is 377 g/mol. The van der Waals surface area contributed by atoms with Gasteiger partial charge in [0.25, 0.3) is 5.91 Å². The van der Waals surface area contributed by atoms with Crippen LogP contribution in [0.15, 0.2) is 54.6 Å². The zero-order valence-corrected chi connectivity index (χ0v) is 16.2. The molecule has 2 aromatic rings. The van der Waals surface area contributed by atoms with E-state index in [0.717, 1.165) is 37.8 Å². The van der Waals surface area contributed by atoms with E-state index in [4.69, 9.17) is 0 Å². The van der Waals surface area contributed by atoms with Crippen LogP contribution in [-0.2, 0) is 0 Å². The number of benzene rings is 2. The fourth-order valence-electron chi connectivity index (χ4n) is 4.51. The van der Waals surface area contributed by atoms with E-state index in [1.165, 1.54) is 5.56 Å². The monoisotopic (exact) mass is 377 g/mol. The molecule has 146 valence electrons. The SMILES string of the molecule is Cc1ccc(NC(=O)N2[C@@H]3CCC[C@@H]2CC(NC(=O)c2ccccc2)C3)cc1. The van der Waals surface area contributed by atoms with Crippen molar-refractivity contribution in [1.82, 2.24) is 10.2 Å². The van der Waals surface area contributed by atoms with Gasteiger partial charge in [-0.2, -0.15) is 0 Å². The highest BCUT2D eigenvalue weighted by molar-refractivity contribution is 5.94. The van der Waals surface area contributed by atoms with E-state index in [0.29, 0.717) is 5.56 Å². The van der Waals surface area contributed by atoms with Gasteiger partial charge in [0, 0.05) is 29.4 Å². The summed E-state index contributed by atoms with van der Waals surface area (Å²) in [5.74, 6) is -0.0266. The van der Waals surface area contributed by atoms with Gasteiger partial charge in [-0.25, -0.2) is 4.79 Å². The number of carbonyl (C=O) groups excluding carboxylic acids is 2. The maximum Gasteiger partial charge on any atom is 0.322 e. The van der Waals surface area contributed by atoms with Gasteiger partial charge < -0.3 is 15.5 Å². The highest BCUT2D eigenvalue weighted by Gasteiger charge is 2.41. The lowest BCUT2D eigenvalue weighted by atomic mass is 9.82. The van der Waals surface area contributed by atoms with Crippen LogP contribution in [0.4, 0.5) is 10.5 Å². The Labute approximate surface area is 166 Å². The van der Waals surface area contributed by atoms with Gasteiger partial charge in [0.15, 0.2) is 0 Å². The van der Waals surface area contributed by atoms with Crippen LogP contribution in [0.5, 0.6) is 0 Å². The van der Waals surface area contributed by atoms with Crippen molar-refractivity contribution >= 4 is 17.6 Å². The van der Waals surface area contributed by atoms with E-state index in [1.54, 1.807) is 0 Å². The summed E-state index contributed by atoms with van der Waals surface area (Å²) in [6.07, 6.45) is 4.76. The zero-order chi connectivity index (χ0) is 19.5. The van der Waals surface area contributed by atoms with Gasteiger partial charge >= 0.3 is 6.03 Å². The predicted octanol–water partition coefficient (Wildman–Crippen LogP) is 4.34. The van der Waals surface area contributed by atoms with Crippen LogP contribution in [0.2, 0.25) is 0 Å². The highest BCUT2D eigenvalue weighted by Crippen LogP contribution is 2.34. The molecule has 5 heteroatoms. The van der Waals surface area contributed by atoms with Crippen molar-refractivity contribution in [1.29, 1.82) is 0 Å². The van der Waals surface area contributed by atoms with Gasteiger partial charge in [0.05, 0.1) is 0 Å². The van der Waals surface area contributed by atoms with E-state index < -0.39 is 0 Å². The van der Waals surface area contributed by atoms with Crippen LogP contribution >= 0.6 is 0 Å². The van der Waals surface area contributed by atoms with E-state index >= 15 is 0 Å². The van der Waals surface area contributed by atoms with Gasteiger partial charge in [0.1, 0.15) is 0 Å². The van der Waals surface area contributed by atoms with E-state index in [2.05, 4.69) is 10.6 Å². The van der Waals surface area contributed by atoms with Crippen molar-refractivity contribution in [3.63, 3.8) is 0 Å². The summed E-state index contributed by atoms with van der Waals surface area (Å²) in [4.78, 5) is 27.5. The Kier molecular flexibility index (Phi) is 5.33. The molecular formula is C23H27N3O2. The smallest absolute Gasteiger partial charge is 0.322 e. The van der Waals surface area contributed by atoms with Crippen molar-refractivity contribution in [3.05, 3.63) is 65.7 Å². The molecule has 0 radical (unpaired) electrons. The molecule has 0 saturated carbocycles. The first-order valence-corrected chi connectivity index (χ1v) is 10.1. The molecular weight excluding hydrogens is 350 g/mol. The molecule has 2 heterocycles. The maximum absolute atomic E-state index is 12.9. The van der Waals surface area contributed by atoms with Gasteiger partial charge in [-0.3, -0.25) is 4.79 Å². The average Bonchev–Trinajstić information content (AvgIpc) is 2.69. The molecule has 0 unspecified atom stereocenters. The molecule has 5 nitrogen and oxygen atoms in total. The summed E-state index contributed by atoms with van der Waals surface area (Å²) in [7, 11) is 0. The number of rotatable bonds is 3. The molecule has 0 aliphatic carbocycles. The Morgan fingerprint density at radius 2 is 1.57 bits per heavy atom. The van der Waals surface area contributed by atoms with E-state index in [-0.39, 0.29) is 30.1 Å². The number of nitrogens with zero attached hydrogens (tertiary/aromatic N) is 1. The molecule has 2 atom stereocenters. The molecule has 4 rings (SSSR count). The van der Waals surface area contributed by atoms with Gasteiger partial charge in [0.2, 0.25) is 0 Å². The zero-order valence-electron chi connectivity index (χ0n) is 16.2. The number of hydrogen-bond donors (Lipinski definition) is 2. The number of aryl methyl sites for hydroxylation is 1. The molecule has 3 amide bonds. The van der Waals surface area contributed by atoms with Crippen molar-refractivity contribution in [2.75, 3.05) is 5.32 Å². The second-order valence-electron chi connectivity index (χ2n) is 7.95. The second-order valence-corrected chi connectivity index (χ2v) is 7.95. The largest absolute Gasteiger partial charge is 0.349 e. The number of anilines is 1. The molecule has 2 N–H and O–H groups in total. The summed E-state index contributed by atoms with van der Waals surface area (Å²) < 4.78 is 0. The molecule has 0 aromatic heterocycles. The molecule has 2 saturated heterocycles. The number of piperidine rings is 2. The van der Waals surface area contributed by atoms with Gasteiger partial charge in [-0.05, 0) is 63.3 Å². The molecule has 0 spiro atoms. The minimum Gasteiger partial charge on any atom is -0.349 e. The number of urea groups is 1. The van der Waals surface area contributed by atoms with E-state index in [9.17, 15) is 9.59 Å². The lowest BCUT2D eigenvalue weighted by Gasteiger charge is -2.48. The molecule has 2 aliphatic heterocycles. The summed E-state index contributed by atoms with van der Waals surface area (Å²) >= 11 is 0. The summed E-state index contributed by atoms with van der Waals surface area (Å²) in [6, 6.07) is 17.7. The summed E-state index contributed by atoms with van der Waals surface area (Å²) in [5, 5.41) is 6.23. The Morgan fingerprint density at radius 1 is 0.929 bits per heavy atom. The minimum atomic E-state index is -0.0266. The number of amides is 3. The highest BCUT2D eigenvalue weighted by atomic mass is 16.2. The van der Waals surface area contributed by atoms with Crippen LogP contribution in [0.3, 0.4) is 0 Å². The van der Waals surface area contributed by atoms with Crippen LogP contribution in [0, 0.1) is 6.92 Å². The summed E-state index contributed by atoms with van der Waals surface area (Å²) in [5.41, 5.74) is 2.69. The number of hydrogen-bond acceptors (Lipinski definition) is 2. The lowest BCUT2D eigenvalue weighted by molar-refractivity contribution is 0.0577. The number of nitrogens with one attached hydrogen (secondary N) is 2. The van der Waals surface area contributed by atoms with Crippen molar-refractivity contribution in [2.24, 2.45) is 0 Å². The first-order chi connectivity index (χ1) is 13.6. The Balaban J connectivity index is 1.41. The standard InChI is InChI=1S/C23H27N3O2/c1-16-10-12-18(13-11-16)25-23(28)26-20-8-5-9-21(26)15-19(14-20)24-22(27)17-6-3-2-4-7-17/h2-4,6-7,10-13,19-21H,5,8-9,14-15H2,1H3,(H,24,27)(H,25,28)/t20-,21-/m1/s1. The van der Waals surface area contributed by atoms with Crippen LogP contribution in [0.1, 0.15) is 48.0 Å². The topological polar surface area (TPSA) is 61.4 Å². The predicted molar refractivity (Wildman–Crippen MR) is 110 cm³/mol. The third kappa shape index (κ3) is 4.03. The third-order valence-corrected chi connectivity index (χ3v) is 5.88. The van der Waals surface area contributed by atoms with Crippen LogP contribution < -0.4 is 10.6 Å². The maximum atomic E-state index is 12.9. The second kappa shape index (κ2) is 8.05. The Hall–Kier alpha value is -2.82. The number of carbonyl (C=O) groups is 2. The van der Waals surface area contributed by atoms with Gasteiger partial charge in [-0.1, -0.05) is 35.9 Å². The Morgan fingerprint density at radius 3 is 2.21 bits per heavy atom. The lowest BCUT2D eigenvalue weighted by Crippen LogP contribution is -2.59. The normalized spacial score (nSPS) is 23.8. The fraction of sp³-hybridized carbons (Fsp3) is 0.391. The van der Waals surface area contributed by atoms with Crippen LogP contribution in [0.25, 0.3) is 0 Å². The van der Waals surface area contributed by atoms with Crippen molar-refractivity contribution < 1.29 is 9.59 Å². The van der Waals surface area contributed by atoms with Crippen LogP contribution in [-0.4, -0.2) is 35.0 Å². The van der Waals surface area contributed by atoms with Gasteiger partial charge in [-0.15, -0.1) is 0 Å². The fourth-order valence-corrected chi connectivity index (χ4v) is 4.51. The minimum absolute atomic E-state index is 0.0219. The summed E-state index contributed by atoms with van der Waals surface area (Å²) in [6.45, 7) is 2.03.